The largest absolute Gasteiger partial charge is 0.389 e. The molecule has 1 aliphatic rings. The number of rotatable bonds is 4. The summed E-state index contributed by atoms with van der Waals surface area (Å²) >= 11 is 0. The summed E-state index contributed by atoms with van der Waals surface area (Å²) in [5.41, 5.74) is 0.512. The summed E-state index contributed by atoms with van der Waals surface area (Å²) in [7, 11) is 0. The van der Waals surface area contributed by atoms with Gasteiger partial charge in [0.1, 0.15) is 0 Å². The lowest BCUT2D eigenvalue weighted by atomic mass is 9.75. The van der Waals surface area contributed by atoms with Crippen LogP contribution in [-0.4, -0.2) is 20.5 Å². The second kappa shape index (κ2) is 5.43. The quantitative estimate of drug-likeness (QED) is 0.890. The highest BCUT2D eigenvalue weighted by molar-refractivity contribution is 5.05. The molecule has 2 rings (SSSR count). The molecule has 102 valence electrons. The molecule has 1 fully saturated rings. The number of nitrogens with zero attached hydrogens (tertiary/aromatic N) is 2. The molecular weight excluding hydrogens is 224 g/mol. The van der Waals surface area contributed by atoms with E-state index in [-0.39, 0.29) is 0 Å². The van der Waals surface area contributed by atoms with Crippen molar-refractivity contribution in [2.75, 3.05) is 0 Å². The Morgan fingerprint density at radius 1 is 1.56 bits per heavy atom. The van der Waals surface area contributed by atoms with Crippen LogP contribution in [0.25, 0.3) is 0 Å². The zero-order valence-electron chi connectivity index (χ0n) is 11.9. The maximum atomic E-state index is 10.7. The fraction of sp³-hybridized carbons (Fsp3) is 0.800. The minimum absolute atomic E-state index is 0.392. The average molecular weight is 250 g/mol. The highest BCUT2D eigenvalue weighted by atomic mass is 16.3. The monoisotopic (exact) mass is 250 g/mol. The molecule has 0 aromatic carbocycles. The fourth-order valence-electron chi connectivity index (χ4n) is 3.07. The number of aliphatic hydroxyl groups is 1. The molecule has 1 aliphatic carbocycles. The van der Waals surface area contributed by atoms with E-state index in [1.807, 2.05) is 16.9 Å². The summed E-state index contributed by atoms with van der Waals surface area (Å²) in [4.78, 5) is 0. The van der Waals surface area contributed by atoms with Crippen LogP contribution in [-0.2, 0) is 6.42 Å². The van der Waals surface area contributed by atoms with Gasteiger partial charge in [-0.1, -0.05) is 26.2 Å². The van der Waals surface area contributed by atoms with Crippen molar-refractivity contribution in [1.29, 1.82) is 0 Å². The molecule has 0 aliphatic heterocycles. The van der Waals surface area contributed by atoms with Crippen LogP contribution in [0, 0.1) is 5.92 Å². The van der Waals surface area contributed by atoms with Crippen LogP contribution in [0.4, 0.5) is 0 Å². The van der Waals surface area contributed by atoms with Crippen LogP contribution < -0.4 is 0 Å². The van der Waals surface area contributed by atoms with Crippen molar-refractivity contribution in [3.8, 4) is 0 Å². The molecule has 0 radical (unpaired) electrons. The van der Waals surface area contributed by atoms with Crippen LogP contribution in [0.1, 0.15) is 64.6 Å². The molecule has 0 amide bonds. The molecule has 2 unspecified atom stereocenters. The Morgan fingerprint density at radius 3 is 2.94 bits per heavy atom. The standard InChI is InChI=1S/C15H26N2O/c1-4-13-6-5-8-15(18,10-13)11-14-7-9-17(16-14)12(2)3/h7,9,12-13,18H,4-6,8,10-11H2,1-3H3. The molecule has 1 heterocycles. The zero-order valence-corrected chi connectivity index (χ0v) is 11.9. The number of hydrogen-bond acceptors (Lipinski definition) is 2. The molecule has 1 N–H and O–H groups in total. The van der Waals surface area contributed by atoms with E-state index in [4.69, 9.17) is 0 Å². The Labute approximate surface area is 110 Å². The topological polar surface area (TPSA) is 38.0 Å². The van der Waals surface area contributed by atoms with Crippen molar-refractivity contribution in [1.82, 2.24) is 9.78 Å². The van der Waals surface area contributed by atoms with E-state index in [2.05, 4.69) is 25.9 Å². The molecule has 1 aromatic heterocycles. The van der Waals surface area contributed by atoms with Gasteiger partial charge in [0, 0.05) is 18.7 Å². The molecule has 0 saturated heterocycles. The van der Waals surface area contributed by atoms with Crippen LogP contribution in [0.3, 0.4) is 0 Å². The van der Waals surface area contributed by atoms with Gasteiger partial charge >= 0.3 is 0 Å². The minimum Gasteiger partial charge on any atom is -0.389 e. The first-order valence-corrected chi connectivity index (χ1v) is 7.29. The van der Waals surface area contributed by atoms with E-state index >= 15 is 0 Å². The Bertz CT molecular complexity index is 386. The number of aromatic nitrogens is 2. The van der Waals surface area contributed by atoms with Crippen molar-refractivity contribution in [3.05, 3.63) is 18.0 Å². The maximum Gasteiger partial charge on any atom is 0.0706 e. The molecule has 3 nitrogen and oxygen atoms in total. The highest BCUT2D eigenvalue weighted by Gasteiger charge is 2.34. The van der Waals surface area contributed by atoms with Crippen LogP contribution in [0.2, 0.25) is 0 Å². The molecule has 2 atom stereocenters. The SMILES string of the molecule is CCC1CCCC(O)(Cc2ccn(C(C)C)n2)C1. The van der Waals surface area contributed by atoms with Crippen molar-refractivity contribution >= 4 is 0 Å². The van der Waals surface area contributed by atoms with Crippen molar-refractivity contribution < 1.29 is 5.11 Å². The molecule has 0 bridgehead atoms. The summed E-state index contributed by atoms with van der Waals surface area (Å²) in [5, 5.41) is 15.3. The Kier molecular flexibility index (Phi) is 4.10. The minimum atomic E-state index is -0.519. The van der Waals surface area contributed by atoms with Gasteiger partial charge in [-0.15, -0.1) is 0 Å². The van der Waals surface area contributed by atoms with Gasteiger partial charge in [0.05, 0.1) is 11.3 Å². The normalized spacial score (nSPS) is 28.8. The summed E-state index contributed by atoms with van der Waals surface area (Å²) in [5.74, 6) is 0.691. The van der Waals surface area contributed by atoms with Crippen LogP contribution in [0.15, 0.2) is 12.3 Å². The molecule has 0 spiro atoms. The Hall–Kier alpha value is -0.830. The Morgan fingerprint density at radius 2 is 2.33 bits per heavy atom. The lowest BCUT2D eigenvalue weighted by Crippen LogP contribution is -2.37. The van der Waals surface area contributed by atoms with Crippen molar-refractivity contribution in [3.63, 3.8) is 0 Å². The van der Waals surface area contributed by atoms with Crippen molar-refractivity contribution in [2.24, 2.45) is 5.92 Å². The van der Waals surface area contributed by atoms with Gasteiger partial charge in [0.2, 0.25) is 0 Å². The third-order valence-corrected chi connectivity index (χ3v) is 4.20. The van der Waals surface area contributed by atoms with Crippen LogP contribution in [0.5, 0.6) is 0 Å². The molecule has 3 heteroatoms. The third kappa shape index (κ3) is 3.14. The van der Waals surface area contributed by atoms with Gasteiger partial charge in [0.25, 0.3) is 0 Å². The number of hydrogen-bond donors (Lipinski definition) is 1. The second-order valence-corrected chi connectivity index (χ2v) is 6.15. The lowest BCUT2D eigenvalue weighted by molar-refractivity contribution is -0.0170. The fourth-order valence-corrected chi connectivity index (χ4v) is 3.07. The summed E-state index contributed by atoms with van der Waals surface area (Å²) in [6.07, 6.45) is 8.21. The van der Waals surface area contributed by atoms with Gasteiger partial charge in [-0.05, 0) is 38.7 Å². The first-order valence-electron chi connectivity index (χ1n) is 7.29. The lowest BCUT2D eigenvalue weighted by Gasteiger charge is -2.36. The van der Waals surface area contributed by atoms with E-state index in [1.54, 1.807) is 0 Å². The summed E-state index contributed by atoms with van der Waals surface area (Å²) < 4.78 is 1.97. The van der Waals surface area contributed by atoms with E-state index in [0.29, 0.717) is 18.4 Å². The molecule has 1 saturated carbocycles. The van der Waals surface area contributed by atoms with E-state index in [9.17, 15) is 5.11 Å². The zero-order chi connectivity index (χ0) is 13.2. The van der Waals surface area contributed by atoms with E-state index in [0.717, 1.165) is 25.0 Å². The average Bonchev–Trinajstić information content (AvgIpc) is 2.77. The smallest absolute Gasteiger partial charge is 0.0706 e. The Balaban J connectivity index is 2.02. The van der Waals surface area contributed by atoms with Gasteiger partial charge in [-0.2, -0.15) is 5.10 Å². The van der Waals surface area contributed by atoms with Gasteiger partial charge in [-0.3, -0.25) is 4.68 Å². The van der Waals surface area contributed by atoms with Gasteiger partial charge in [-0.25, -0.2) is 0 Å². The summed E-state index contributed by atoms with van der Waals surface area (Å²) in [6, 6.07) is 2.44. The second-order valence-electron chi connectivity index (χ2n) is 6.15. The van der Waals surface area contributed by atoms with Gasteiger partial charge in [0.15, 0.2) is 0 Å². The van der Waals surface area contributed by atoms with E-state index < -0.39 is 5.60 Å². The molecule has 18 heavy (non-hydrogen) atoms. The third-order valence-electron chi connectivity index (χ3n) is 4.20. The van der Waals surface area contributed by atoms with Crippen molar-refractivity contribution in [2.45, 2.75) is 70.9 Å². The molecular formula is C15H26N2O. The maximum absolute atomic E-state index is 10.7. The highest BCUT2D eigenvalue weighted by Crippen LogP contribution is 2.36. The van der Waals surface area contributed by atoms with Crippen LogP contribution >= 0.6 is 0 Å². The molecule has 1 aromatic rings. The predicted molar refractivity (Wildman–Crippen MR) is 73.5 cm³/mol. The summed E-state index contributed by atoms with van der Waals surface area (Å²) in [6.45, 7) is 6.47. The first kappa shape index (κ1) is 13.6. The first-order chi connectivity index (χ1) is 8.52. The van der Waals surface area contributed by atoms with Gasteiger partial charge < -0.3 is 5.11 Å². The van der Waals surface area contributed by atoms with E-state index in [1.165, 1.54) is 12.8 Å². The predicted octanol–water partition coefficient (Wildman–Crippen LogP) is 3.34.